The molecular formula is C49H38N2. The number of nitrogens with zero attached hydrogens (tertiary/aromatic N) is 2. The second kappa shape index (κ2) is 12.8. The topological polar surface area (TPSA) is 8.17 Å². The molecule has 0 N–H and O–H groups in total. The highest BCUT2D eigenvalue weighted by atomic mass is 15.2. The van der Waals surface area contributed by atoms with E-state index < -0.39 is 0 Å². The van der Waals surface area contributed by atoms with Gasteiger partial charge in [-0.15, -0.1) is 0 Å². The van der Waals surface area contributed by atoms with Gasteiger partial charge in [0.25, 0.3) is 0 Å². The Hall–Kier alpha value is -6.38. The summed E-state index contributed by atoms with van der Waals surface area (Å²) >= 11 is 0. The first-order chi connectivity index (χ1) is 25.2. The highest BCUT2D eigenvalue weighted by Gasteiger charge is 2.31. The normalized spacial score (nSPS) is 18.5. The van der Waals surface area contributed by atoms with Crippen LogP contribution < -0.4 is 4.90 Å². The van der Waals surface area contributed by atoms with Gasteiger partial charge in [-0.3, -0.25) is 0 Å². The average molecular weight is 655 g/mol. The molecule has 0 saturated heterocycles. The highest BCUT2D eigenvalue weighted by molar-refractivity contribution is 6.11. The van der Waals surface area contributed by atoms with Crippen molar-refractivity contribution < 1.29 is 0 Å². The van der Waals surface area contributed by atoms with Crippen LogP contribution in [0.2, 0.25) is 0 Å². The van der Waals surface area contributed by atoms with Crippen LogP contribution in [0.1, 0.15) is 12.5 Å². The molecule has 2 atom stereocenters. The maximum absolute atomic E-state index is 4.55. The van der Waals surface area contributed by atoms with Crippen LogP contribution >= 0.6 is 0 Å². The first-order valence-corrected chi connectivity index (χ1v) is 17.7. The number of para-hydroxylation sites is 3. The zero-order valence-corrected chi connectivity index (χ0v) is 28.7. The van der Waals surface area contributed by atoms with E-state index >= 15 is 0 Å². The number of fused-ring (bicyclic) bond motifs is 4. The molecule has 0 fully saturated rings. The van der Waals surface area contributed by atoms with Crippen molar-refractivity contribution in [1.29, 1.82) is 0 Å². The van der Waals surface area contributed by atoms with Crippen molar-refractivity contribution in [3.63, 3.8) is 0 Å². The van der Waals surface area contributed by atoms with Gasteiger partial charge in [-0.05, 0) is 105 Å². The number of anilines is 1. The zero-order chi connectivity index (χ0) is 34.3. The summed E-state index contributed by atoms with van der Waals surface area (Å²) < 4.78 is 2.38. The minimum absolute atomic E-state index is 0.133. The molecule has 0 radical (unpaired) electrons. The van der Waals surface area contributed by atoms with Gasteiger partial charge in [0.15, 0.2) is 0 Å². The molecule has 9 rings (SSSR count). The van der Waals surface area contributed by atoms with Crippen LogP contribution in [0.3, 0.4) is 0 Å². The van der Waals surface area contributed by atoms with Gasteiger partial charge in [0.05, 0.1) is 17.1 Å². The minimum Gasteiger partial charge on any atom is -0.340 e. The van der Waals surface area contributed by atoms with E-state index in [2.05, 4.69) is 211 Å². The van der Waals surface area contributed by atoms with E-state index in [4.69, 9.17) is 0 Å². The fraction of sp³-hybridized carbons (Fsp3) is 0.0612. The molecule has 1 aliphatic carbocycles. The number of rotatable bonds is 5. The third-order valence-electron chi connectivity index (χ3n) is 10.4. The summed E-state index contributed by atoms with van der Waals surface area (Å²) in [5.41, 5.74) is 14.4. The van der Waals surface area contributed by atoms with E-state index in [-0.39, 0.29) is 12.0 Å². The molecule has 1 aliphatic heterocycles. The summed E-state index contributed by atoms with van der Waals surface area (Å²) in [6.07, 6.45) is 13.4. The van der Waals surface area contributed by atoms with Gasteiger partial charge in [0.1, 0.15) is 0 Å². The third-order valence-corrected chi connectivity index (χ3v) is 10.4. The maximum atomic E-state index is 4.55. The number of allylic oxidation sites excluding steroid dienone is 5. The van der Waals surface area contributed by atoms with Gasteiger partial charge in [-0.25, -0.2) is 0 Å². The van der Waals surface area contributed by atoms with Crippen LogP contribution in [0.15, 0.2) is 206 Å². The van der Waals surface area contributed by atoms with E-state index in [0.29, 0.717) is 0 Å². The smallest absolute Gasteiger partial charge is 0.0651 e. The van der Waals surface area contributed by atoms with Gasteiger partial charge in [-0.2, -0.15) is 0 Å². The number of benzene rings is 6. The summed E-state index contributed by atoms with van der Waals surface area (Å²) in [4.78, 5) is 2.39. The quantitative estimate of drug-likeness (QED) is 0.179. The molecule has 51 heavy (non-hydrogen) atoms. The predicted octanol–water partition coefficient (Wildman–Crippen LogP) is 12.6. The molecule has 1 aromatic heterocycles. The van der Waals surface area contributed by atoms with Gasteiger partial charge in [-0.1, -0.05) is 141 Å². The minimum atomic E-state index is 0.133. The van der Waals surface area contributed by atoms with E-state index in [0.717, 1.165) is 5.57 Å². The molecule has 2 heteroatoms. The largest absolute Gasteiger partial charge is 0.340 e. The van der Waals surface area contributed by atoms with Crippen molar-refractivity contribution in [2.45, 2.75) is 13.0 Å². The molecule has 0 saturated carbocycles. The van der Waals surface area contributed by atoms with Crippen LogP contribution in [0.4, 0.5) is 5.69 Å². The second-order valence-electron chi connectivity index (χ2n) is 13.5. The first kappa shape index (κ1) is 30.7. The molecule has 2 aliphatic rings. The molecule has 7 aromatic rings. The van der Waals surface area contributed by atoms with Crippen molar-refractivity contribution in [3.8, 4) is 27.9 Å². The van der Waals surface area contributed by atoms with E-state index in [1.165, 1.54) is 72.1 Å². The Morgan fingerprint density at radius 1 is 0.549 bits per heavy atom. The van der Waals surface area contributed by atoms with Gasteiger partial charge in [0.2, 0.25) is 0 Å². The Balaban J connectivity index is 1.17. The fourth-order valence-corrected chi connectivity index (χ4v) is 8.10. The summed E-state index contributed by atoms with van der Waals surface area (Å²) in [7, 11) is 0. The number of hydrogen-bond acceptors (Lipinski definition) is 1. The number of hydrogen-bond donors (Lipinski definition) is 0. The molecule has 0 amide bonds. The predicted molar refractivity (Wildman–Crippen MR) is 217 cm³/mol. The lowest BCUT2D eigenvalue weighted by Crippen LogP contribution is -2.39. The Morgan fingerprint density at radius 2 is 1.16 bits per heavy atom. The summed E-state index contributed by atoms with van der Waals surface area (Å²) in [6.45, 7) is 6.88. The van der Waals surface area contributed by atoms with Crippen LogP contribution in [-0.4, -0.2) is 10.6 Å². The molecule has 0 bridgehead atoms. The standard InChI is InChI=1S/C49H38N2/c1-34-17-15-16-30-50(38-18-5-3-6-19-38)49-35(2)31-37(33-45(34)49)41-23-10-12-25-43(41)42-24-11-9-22-40(42)36-28-29-48-46(32-36)44-26-13-14-27-47(44)51(48)39-20-7-4-8-21-39/h3-33,35,49H,1H2,2H3/b17-15-,30-16-. The van der Waals surface area contributed by atoms with Gasteiger partial charge in [0, 0.05) is 28.3 Å². The Morgan fingerprint density at radius 3 is 1.92 bits per heavy atom. The monoisotopic (exact) mass is 654 g/mol. The molecule has 2 nitrogen and oxygen atoms in total. The van der Waals surface area contributed by atoms with Gasteiger partial charge < -0.3 is 9.47 Å². The third kappa shape index (κ3) is 5.37. The lowest BCUT2D eigenvalue weighted by molar-refractivity contribution is 0.587. The molecule has 0 spiro atoms. The first-order valence-electron chi connectivity index (χ1n) is 17.7. The Kier molecular flexibility index (Phi) is 7.71. The van der Waals surface area contributed by atoms with Crippen LogP contribution in [-0.2, 0) is 0 Å². The fourth-order valence-electron chi connectivity index (χ4n) is 8.10. The van der Waals surface area contributed by atoms with Crippen molar-refractivity contribution >= 4 is 33.1 Å². The molecule has 2 unspecified atom stereocenters. The molecule has 244 valence electrons. The SMILES string of the molecule is C=C1/C=C\C=C/N(c2ccccc2)C2C1=CC(c1ccccc1-c1ccccc1-c1ccc3c(c1)c1ccccc1n3-c1ccccc1)=CC2C. The lowest BCUT2D eigenvalue weighted by Gasteiger charge is -2.39. The maximum Gasteiger partial charge on any atom is 0.0651 e. The zero-order valence-electron chi connectivity index (χ0n) is 28.7. The Labute approximate surface area is 299 Å². The van der Waals surface area contributed by atoms with Crippen molar-refractivity contribution in [1.82, 2.24) is 4.57 Å². The van der Waals surface area contributed by atoms with Crippen molar-refractivity contribution in [2.24, 2.45) is 5.92 Å². The van der Waals surface area contributed by atoms with Crippen LogP contribution in [0.25, 0.3) is 55.3 Å². The summed E-state index contributed by atoms with van der Waals surface area (Å²) in [5.74, 6) is 0.237. The highest BCUT2D eigenvalue weighted by Crippen LogP contribution is 2.43. The van der Waals surface area contributed by atoms with Crippen molar-refractivity contribution in [2.75, 3.05) is 4.90 Å². The van der Waals surface area contributed by atoms with E-state index in [1.807, 2.05) is 0 Å². The summed E-state index contributed by atoms with van der Waals surface area (Å²) in [5, 5.41) is 2.51. The van der Waals surface area contributed by atoms with Crippen molar-refractivity contribution in [3.05, 3.63) is 212 Å². The summed E-state index contributed by atoms with van der Waals surface area (Å²) in [6, 6.07) is 54.9. The average Bonchev–Trinajstić information content (AvgIpc) is 3.51. The Bertz CT molecular complexity index is 2560. The second-order valence-corrected chi connectivity index (χ2v) is 13.5. The number of aromatic nitrogens is 1. The molecule has 2 heterocycles. The van der Waals surface area contributed by atoms with Crippen LogP contribution in [0, 0.1) is 5.92 Å². The van der Waals surface area contributed by atoms with E-state index in [1.54, 1.807) is 0 Å². The lowest BCUT2D eigenvalue weighted by atomic mass is 9.78. The van der Waals surface area contributed by atoms with Crippen LogP contribution in [0.5, 0.6) is 0 Å². The van der Waals surface area contributed by atoms with E-state index in [9.17, 15) is 0 Å². The molecular weight excluding hydrogens is 617 g/mol. The molecule has 6 aromatic carbocycles. The van der Waals surface area contributed by atoms with Gasteiger partial charge >= 0.3 is 0 Å².